The van der Waals surface area contributed by atoms with Crippen LogP contribution in [-0.4, -0.2) is 25.6 Å². The summed E-state index contributed by atoms with van der Waals surface area (Å²) >= 11 is 0. The molecule has 1 aromatic carbocycles. The molecule has 0 aliphatic carbocycles. The molecule has 0 fully saturated rings. The Morgan fingerprint density at radius 2 is 1.93 bits per heavy atom. The number of nitrogens with zero attached hydrogens (tertiary/aromatic N) is 4. The summed E-state index contributed by atoms with van der Waals surface area (Å²) in [6.45, 7) is 6.78. The van der Waals surface area contributed by atoms with E-state index in [1.807, 2.05) is 62.8 Å². The minimum atomic E-state index is -0.227. The van der Waals surface area contributed by atoms with Crippen molar-refractivity contribution in [1.29, 1.82) is 0 Å². The lowest BCUT2D eigenvalue weighted by atomic mass is 10.1. The molecule has 0 saturated heterocycles. The van der Waals surface area contributed by atoms with Gasteiger partial charge in [0.15, 0.2) is 0 Å². The Kier molecular flexibility index (Phi) is 5.59. The number of anilines is 1. The number of carbonyl (C=O) groups is 1. The monoisotopic (exact) mass is 366 g/mol. The summed E-state index contributed by atoms with van der Waals surface area (Å²) in [5.41, 5.74) is 5.02. The third-order valence-electron chi connectivity index (χ3n) is 4.58. The van der Waals surface area contributed by atoms with Gasteiger partial charge in [-0.25, -0.2) is 4.79 Å². The molecular formula is C20H26N6O. The second-order valence-electron chi connectivity index (χ2n) is 6.72. The predicted molar refractivity (Wildman–Crippen MR) is 106 cm³/mol. The first-order valence-electron chi connectivity index (χ1n) is 9.11. The molecule has 1 unspecified atom stereocenters. The minimum absolute atomic E-state index is 0.0807. The van der Waals surface area contributed by atoms with Gasteiger partial charge in [0.05, 0.1) is 24.0 Å². The Labute approximate surface area is 159 Å². The summed E-state index contributed by atoms with van der Waals surface area (Å²) in [6, 6.07) is 11.5. The van der Waals surface area contributed by atoms with Gasteiger partial charge in [0.25, 0.3) is 0 Å². The molecule has 0 spiro atoms. The summed E-state index contributed by atoms with van der Waals surface area (Å²) in [5.74, 6) is 0. The zero-order valence-electron chi connectivity index (χ0n) is 16.2. The third-order valence-corrected chi connectivity index (χ3v) is 4.58. The molecule has 3 rings (SSSR count). The lowest BCUT2D eigenvalue weighted by molar-refractivity contribution is 0.247. The van der Waals surface area contributed by atoms with Gasteiger partial charge in [0.2, 0.25) is 0 Å². The van der Waals surface area contributed by atoms with E-state index < -0.39 is 0 Å². The normalized spacial score (nSPS) is 12.0. The van der Waals surface area contributed by atoms with E-state index in [0.29, 0.717) is 6.54 Å². The number of amides is 2. The van der Waals surface area contributed by atoms with Crippen LogP contribution in [0.15, 0.2) is 42.6 Å². The zero-order chi connectivity index (χ0) is 19.4. The van der Waals surface area contributed by atoms with Crippen molar-refractivity contribution in [2.75, 3.05) is 5.32 Å². The van der Waals surface area contributed by atoms with Gasteiger partial charge in [-0.05, 0) is 50.1 Å². The van der Waals surface area contributed by atoms with Gasteiger partial charge in [0.1, 0.15) is 0 Å². The molecule has 7 nitrogen and oxygen atoms in total. The van der Waals surface area contributed by atoms with E-state index >= 15 is 0 Å². The number of rotatable bonds is 6. The number of benzene rings is 1. The highest BCUT2D eigenvalue weighted by atomic mass is 16.2. The minimum Gasteiger partial charge on any atom is -0.330 e. The molecule has 7 heteroatoms. The molecule has 2 amide bonds. The Morgan fingerprint density at radius 1 is 1.19 bits per heavy atom. The van der Waals surface area contributed by atoms with Crippen molar-refractivity contribution in [3.8, 4) is 0 Å². The summed E-state index contributed by atoms with van der Waals surface area (Å²) < 4.78 is 3.76. The third kappa shape index (κ3) is 4.55. The maximum atomic E-state index is 12.3. The maximum Gasteiger partial charge on any atom is 0.319 e. The van der Waals surface area contributed by atoms with Gasteiger partial charge in [-0.2, -0.15) is 10.2 Å². The van der Waals surface area contributed by atoms with Crippen LogP contribution < -0.4 is 10.6 Å². The largest absolute Gasteiger partial charge is 0.330 e. The van der Waals surface area contributed by atoms with Gasteiger partial charge in [-0.3, -0.25) is 9.36 Å². The second-order valence-corrected chi connectivity index (χ2v) is 6.72. The van der Waals surface area contributed by atoms with Gasteiger partial charge in [0, 0.05) is 24.6 Å². The second kappa shape index (κ2) is 8.07. The first-order valence-corrected chi connectivity index (χ1v) is 9.11. The van der Waals surface area contributed by atoms with Crippen LogP contribution in [0.2, 0.25) is 0 Å². The number of hydrogen-bond acceptors (Lipinski definition) is 3. The molecule has 27 heavy (non-hydrogen) atoms. The van der Waals surface area contributed by atoms with E-state index in [9.17, 15) is 4.79 Å². The molecule has 0 bridgehead atoms. The van der Waals surface area contributed by atoms with Crippen molar-refractivity contribution in [1.82, 2.24) is 24.9 Å². The lowest BCUT2D eigenvalue weighted by Gasteiger charge is -2.18. The van der Waals surface area contributed by atoms with E-state index in [1.54, 1.807) is 10.9 Å². The Balaban J connectivity index is 1.59. The molecule has 0 aliphatic rings. The van der Waals surface area contributed by atoms with E-state index in [0.717, 1.165) is 34.8 Å². The van der Waals surface area contributed by atoms with Crippen LogP contribution in [0.25, 0.3) is 0 Å². The van der Waals surface area contributed by atoms with Gasteiger partial charge in [-0.1, -0.05) is 19.1 Å². The molecule has 0 saturated carbocycles. The van der Waals surface area contributed by atoms with Crippen LogP contribution in [0.5, 0.6) is 0 Å². The average Bonchev–Trinajstić information content (AvgIpc) is 3.19. The maximum absolute atomic E-state index is 12.3. The number of aryl methyl sites for hydroxylation is 3. The number of carbonyl (C=O) groups excluding carboxylic acids is 1. The first kappa shape index (κ1) is 18.7. The highest BCUT2D eigenvalue weighted by Gasteiger charge is 2.15. The van der Waals surface area contributed by atoms with Crippen LogP contribution in [0, 0.1) is 13.8 Å². The number of hydrogen-bond donors (Lipinski definition) is 2. The van der Waals surface area contributed by atoms with E-state index in [4.69, 9.17) is 0 Å². The molecule has 2 heterocycles. The molecule has 2 N–H and O–H groups in total. The molecule has 142 valence electrons. The Hall–Kier alpha value is -3.09. The average molecular weight is 366 g/mol. The fourth-order valence-electron chi connectivity index (χ4n) is 3.14. The number of aromatic nitrogens is 4. The Bertz CT molecular complexity index is 909. The first-order chi connectivity index (χ1) is 13.0. The fraction of sp³-hybridized carbons (Fsp3) is 0.350. The smallest absolute Gasteiger partial charge is 0.319 e. The highest BCUT2D eigenvalue weighted by Crippen LogP contribution is 2.16. The van der Waals surface area contributed by atoms with Crippen molar-refractivity contribution >= 4 is 11.7 Å². The van der Waals surface area contributed by atoms with Gasteiger partial charge in [-0.15, -0.1) is 0 Å². The van der Waals surface area contributed by atoms with Crippen molar-refractivity contribution in [2.24, 2.45) is 7.05 Å². The SMILES string of the molecule is CCC(NC(=O)Nc1ccc(Cn2nc(C)cc2C)cc1)c1ccnn1C. The van der Waals surface area contributed by atoms with Crippen LogP contribution >= 0.6 is 0 Å². The standard InChI is InChI=1S/C20H26N6O/c1-5-18(19-10-11-21-25(19)4)23-20(27)22-17-8-6-16(7-9-17)13-26-15(3)12-14(2)24-26/h6-12,18H,5,13H2,1-4H3,(H2,22,23,27). The van der Waals surface area contributed by atoms with Gasteiger partial charge < -0.3 is 10.6 Å². The predicted octanol–water partition coefficient (Wildman–Crippen LogP) is 3.55. The van der Waals surface area contributed by atoms with Crippen molar-refractivity contribution in [2.45, 2.75) is 39.8 Å². The lowest BCUT2D eigenvalue weighted by Crippen LogP contribution is -2.33. The Morgan fingerprint density at radius 3 is 2.48 bits per heavy atom. The van der Waals surface area contributed by atoms with Crippen molar-refractivity contribution in [3.05, 3.63) is 65.2 Å². The van der Waals surface area contributed by atoms with Crippen LogP contribution in [0.4, 0.5) is 10.5 Å². The molecule has 2 aromatic heterocycles. The van der Waals surface area contributed by atoms with Gasteiger partial charge >= 0.3 is 6.03 Å². The fourth-order valence-corrected chi connectivity index (χ4v) is 3.14. The quantitative estimate of drug-likeness (QED) is 0.700. The highest BCUT2D eigenvalue weighted by molar-refractivity contribution is 5.89. The molecule has 0 aliphatic heterocycles. The van der Waals surface area contributed by atoms with E-state index in [-0.39, 0.29) is 12.1 Å². The molecule has 0 radical (unpaired) electrons. The zero-order valence-corrected chi connectivity index (χ0v) is 16.2. The van der Waals surface area contributed by atoms with Crippen LogP contribution in [0.3, 0.4) is 0 Å². The summed E-state index contributed by atoms with van der Waals surface area (Å²) in [7, 11) is 1.87. The van der Waals surface area contributed by atoms with Crippen LogP contribution in [-0.2, 0) is 13.6 Å². The number of urea groups is 1. The van der Waals surface area contributed by atoms with Crippen molar-refractivity contribution in [3.63, 3.8) is 0 Å². The molecule has 3 aromatic rings. The van der Waals surface area contributed by atoms with Crippen LogP contribution in [0.1, 0.15) is 42.0 Å². The summed E-state index contributed by atoms with van der Waals surface area (Å²) in [6.07, 6.45) is 2.52. The molecular weight excluding hydrogens is 340 g/mol. The van der Waals surface area contributed by atoms with E-state index in [2.05, 4.69) is 26.9 Å². The molecule has 1 atom stereocenters. The summed E-state index contributed by atoms with van der Waals surface area (Å²) in [4.78, 5) is 12.3. The number of nitrogens with one attached hydrogen (secondary N) is 2. The van der Waals surface area contributed by atoms with Crippen molar-refractivity contribution < 1.29 is 4.79 Å². The van der Waals surface area contributed by atoms with E-state index in [1.165, 1.54) is 0 Å². The topological polar surface area (TPSA) is 76.8 Å². The summed E-state index contributed by atoms with van der Waals surface area (Å²) in [5, 5.41) is 14.5.